The lowest BCUT2D eigenvalue weighted by Gasteiger charge is -2.08. The minimum atomic E-state index is -0.156. The third-order valence-corrected chi connectivity index (χ3v) is 5.25. The van der Waals surface area contributed by atoms with Crippen LogP contribution in [0, 0.1) is 6.92 Å². The molecule has 1 heterocycles. The van der Waals surface area contributed by atoms with E-state index in [0.29, 0.717) is 26.7 Å². The molecule has 0 unspecified atom stereocenters. The minimum Gasteiger partial charge on any atom is -0.324 e. The molecule has 0 saturated carbocycles. The Balaban J connectivity index is 1.64. The zero-order valence-corrected chi connectivity index (χ0v) is 16.5. The van der Waals surface area contributed by atoms with Gasteiger partial charge in [-0.2, -0.15) is 0 Å². The largest absolute Gasteiger partial charge is 0.324 e. The van der Waals surface area contributed by atoms with E-state index >= 15 is 0 Å². The Hall–Kier alpha value is -2.02. The summed E-state index contributed by atoms with van der Waals surface area (Å²) in [6.07, 6.45) is 0. The maximum absolute atomic E-state index is 12.2. The topological polar surface area (TPSA) is 59.8 Å². The first-order valence-electron chi connectivity index (χ1n) is 7.78. The average Bonchev–Trinajstić information content (AvgIpc) is 2.97. The van der Waals surface area contributed by atoms with Gasteiger partial charge in [0.1, 0.15) is 0 Å². The van der Waals surface area contributed by atoms with Crippen molar-refractivity contribution in [3.8, 4) is 11.4 Å². The fourth-order valence-electron chi connectivity index (χ4n) is 2.33. The van der Waals surface area contributed by atoms with Crippen LogP contribution in [0.1, 0.15) is 5.56 Å². The van der Waals surface area contributed by atoms with E-state index in [1.165, 1.54) is 11.8 Å². The Morgan fingerprint density at radius 3 is 2.58 bits per heavy atom. The number of rotatable bonds is 5. The van der Waals surface area contributed by atoms with Crippen molar-refractivity contribution < 1.29 is 4.79 Å². The number of nitrogens with zero attached hydrogens (tertiary/aromatic N) is 3. The van der Waals surface area contributed by atoms with Crippen molar-refractivity contribution >= 4 is 46.6 Å². The predicted octanol–water partition coefficient (Wildman–Crippen LogP) is 4.83. The van der Waals surface area contributed by atoms with Crippen LogP contribution in [0.2, 0.25) is 10.0 Å². The maximum atomic E-state index is 12.2. The van der Waals surface area contributed by atoms with Crippen LogP contribution in [0.15, 0.2) is 47.6 Å². The molecule has 3 aromatic rings. The molecule has 2 aromatic carbocycles. The molecule has 8 heteroatoms. The number of anilines is 1. The molecule has 0 aliphatic carbocycles. The quantitative estimate of drug-likeness (QED) is 0.616. The first kappa shape index (κ1) is 18.8. The molecule has 0 spiro atoms. The summed E-state index contributed by atoms with van der Waals surface area (Å²) < 4.78 is 1.85. The van der Waals surface area contributed by atoms with Gasteiger partial charge in [-0.25, -0.2) is 0 Å². The third-order valence-electron chi connectivity index (χ3n) is 3.67. The summed E-state index contributed by atoms with van der Waals surface area (Å²) >= 11 is 13.4. The molecule has 26 heavy (non-hydrogen) atoms. The van der Waals surface area contributed by atoms with Crippen molar-refractivity contribution in [2.45, 2.75) is 12.1 Å². The lowest BCUT2D eigenvalue weighted by molar-refractivity contribution is -0.113. The molecule has 0 aliphatic rings. The second-order valence-electron chi connectivity index (χ2n) is 5.69. The van der Waals surface area contributed by atoms with Gasteiger partial charge in [0.15, 0.2) is 11.0 Å². The van der Waals surface area contributed by atoms with E-state index in [4.69, 9.17) is 23.2 Å². The molecule has 0 aliphatic heterocycles. The van der Waals surface area contributed by atoms with E-state index in [9.17, 15) is 4.79 Å². The Kier molecular flexibility index (Phi) is 5.86. The molecule has 0 bridgehead atoms. The number of aryl methyl sites for hydroxylation is 1. The summed E-state index contributed by atoms with van der Waals surface area (Å²) in [4.78, 5) is 12.2. The Morgan fingerprint density at radius 1 is 1.15 bits per heavy atom. The monoisotopic (exact) mass is 406 g/mol. The molecule has 0 atom stereocenters. The number of thioether (sulfide) groups is 1. The molecular weight excluding hydrogens is 391 g/mol. The third kappa shape index (κ3) is 4.38. The van der Waals surface area contributed by atoms with Crippen LogP contribution < -0.4 is 5.32 Å². The number of carbonyl (C=O) groups excluding carboxylic acids is 1. The molecule has 1 aromatic heterocycles. The van der Waals surface area contributed by atoms with Crippen molar-refractivity contribution in [3.05, 3.63) is 58.1 Å². The van der Waals surface area contributed by atoms with E-state index in [-0.39, 0.29) is 11.7 Å². The summed E-state index contributed by atoms with van der Waals surface area (Å²) in [7, 11) is 1.86. The van der Waals surface area contributed by atoms with Crippen molar-refractivity contribution in [1.29, 1.82) is 0 Å². The molecule has 5 nitrogen and oxygen atoms in total. The second-order valence-corrected chi connectivity index (χ2v) is 7.48. The fourth-order valence-corrected chi connectivity index (χ4v) is 3.45. The molecular formula is C18H16Cl2N4OS. The first-order valence-corrected chi connectivity index (χ1v) is 9.52. The Morgan fingerprint density at radius 2 is 1.88 bits per heavy atom. The maximum Gasteiger partial charge on any atom is 0.234 e. The van der Waals surface area contributed by atoms with Crippen LogP contribution in [0.5, 0.6) is 0 Å². The molecule has 0 fully saturated rings. The van der Waals surface area contributed by atoms with Gasteiger partial charge in [-0.15, -0.1) is 10.2 Å². The summed E-state index contributed by atoms with van der Waals surface area (Å²) in [6, 6.07) is 12.9. The molecule has 1 N–H and O–H groups in total. The van der Waals surface area contributed by atoms with Gasteiger partial charge in [-0.1, -0.05) is 41.0 Å². The first-order chi connectivity index (χ1) is 12.4. The fraction of sp³-hybridized carbons (Fsp3) is 0.167. The van der Waals surface area contributed by atoms with Crippen molar-refractivity contribution in [3.63, 3.8) is 0 Å². The molecule has 3 rings (SSSR count). The van der Waals surface area contributed by atoms with E-state index in [2.05, 4.69) is 15.5 Å². The van der Waals surface area contributed by atoms with Crippen molar-refractivity contribution in [2.75, 3.05) is 11.1 Å². The lowest BCUT2D eigenvalue weighted by atomic mass is 10.2. The van der Waals surface area contributed by atoms with Crippen LogP contribution >= 0.6 is 35.0 Å². The van der Waals surface area contributed by atoms with E-state index < -0.39 is 0 Å². The van der Waals surface area contributed by atoms with Gasteiger partial charge in [-0.05, 0) is 48.9 Å². The summed E-state index contributed by atoms with van der Waals surface area (Å²) in [5.74, 6) is 0.763. The predicted molar refractivity (Wildman–Crippen MR) is 107 cm³/mol. The number of nitrogens with one attached hydrogen (secondary N) is 1. The van der Waals surface area contributed by atoms with Crippen LogP contribution in [-0.4, -0.2) is 26.4 Å². The van der Waals surface area contributed by atoms with Crippen LogP contribution in [0.4, 0.5) is 5.69 Å². The lowest BCUT2D eigenvalue weighted by Crippen LogP contribution is -2.14. The summed E-state index contributed by atoms with van der Waals surface area (Å²) in [5, 5.41) is 13.0. The Labute approximate surface area is 165 Å². The minimum absolute atomic E-state index is 0.156. The van der Waals surface area contributed by atoms with Gasteiger partial charge in [0.25, 0.3) is 0 Å². The van der Waals surface area contributed by atoms with Crippen LogP contribution in [0.25, 0.3) is 11.4 Å². The van der Waals surface area contributed by atoms with Crippen LogP contribution in [0.3, 0.4) is 0 Å². The van der Waals surface area contributed by atoms with Gasteiger partial charge < -0.3 is 9.88 Å². The van der Waals surface area contributed by atoms with E-state index in [1.54, 1.807) is 18.2 Å². The normalized spacial score (nSPS) is 10.8. The highest BCUT2D eigenvalue weighted by Crippen LogP contribution is 2.25. The number of benzene rings is 2. The van der Waals surface area contributed by atoms with Gasteiger partial charge in [0.05, 0.1) is 16.5 Å². The standard InChI is InChI=1S/C18H16Cl2N4OS/c1-11-3-8-15(14(20)9-11)21-16(25)10-26-18-23-22-17(24(18)2)12-4-6-13(19)7-5-12/h3-9H,10H2,1-2H3,(H,21,25). The highest BCUT2D eigenvalue weighted by atomic mass is 35.5. The van der Waals surface area contributed by atoms with Gasteiger partial charge in [-0.3, -0.25) is 4.79 Å². The summed E-state index contributed by atoms with van der Waals surface area (Å²) in [6.45, 7) is 1.94. The smallest absolute Gasteiger partial charge is 0.234 e. The molecule has 0 radical (unpaired) electrons. The average molecular weight is 407 g/mol. The number of hydrogen-bond donors (Lipinski definition) is 1. The number of carbonyl (C=O) groups is 1. The highest BCUT2D eigenvalue weighted by molar-refractivity contribution is 7.99. The van der Waals surface area contributed by atoms with Crippen molar-refractivity contribution in [1.82, 2.24) is 14.8 Å². The van der Waals surface area contributed by atoms with Crippen molar-refractivity contribution in [2.24, 2.45) is 7.05 Å². The van der Waals surface area contributed by atoms with E-state index in [0.717, 1.165) is 11.1 Å². The molecule has 134 valence electrons. The number of hydrogen-bond acceptors (Lipinski definition) is 4. The van der Waals surface area contributed by atoms with Crippen LogP contribution in [-0.2, 0) is 11.8 Å². The zero-order valence-electron chi connectivity index (χ0n) is 14.2. The summed E-state index contributed by atoms with van der Waals surface area (Å²) in [5.41, 5.74) is 2.55. The second kappa shape index (κ2) is 8.12. The van der Waals surface area contributed by atoms with Gasteiger partial charge >= 0.3 is 0 Å². The van der Waals surface area contributed by atoms with Gasteiger partial charge in [0.2, 0.25) is 5.91 Å². The zero-order chi connectivity index (χ0) is 18.7. The number of halogens is 2. The number of aromatic nitrogens is 3. The highest BCUT2D eigenvalue weighted by Gasteiger charge is 2.13. The molecule has 1 amide bonds. The SMILES string of the molecule is Cc1ccc(NC(=O)CSc2nnc(-c3ccc(Cl)cc3)n2C)c(Cl)c1. The number of amides is 1. The molecule has 0 saturated heterocycles. The van der Waals surface area contributed by atoms with E-state index in [1.807, 2.05) is 42.8 Å². The van der Waals surface area contributed by atoms with Gasteiger partial charge in [0, 0.05) is 17.6 Å². The Bertz CT molecular complexity index is 941.